The van der Waals surface area contributed by atoms with Crippen molar-refractivity contribution in [1.82, 2.24) is 5.32 Å². The number of nitrogens with one attached hydrogen (secondary N) is 1. The van der Waals surface area contributed by atoms with E-state index in [1.165, 1.54) is 35.0 Å². The van der Waals surface area contributed by atoms with Crippen molar-refractivity contribution in [2.24, 2.45) is 5.92 Å². The molecule has 1 N–H and O–H groups in total. The minimum Gasteiger partial charge on any atom is -0.309 e. The van der Waals surface area contributed by atoms with E-state index >= 15 is 0 Å². The van der Waals surface area contributed by atoms with Crippen molar-refractivity contribution in [3.8, 4) is 0 Å². The lowest BCUT2D eigenvalue weighted by atomic mass is 10.0. The summed E-state index contributed by atoms with van der Waals surface area (Å²) < 4.78 is 1.26. The summed E-state index contributed by atoms with van der Waals surface area (Å²) in [4.78, 5) is 1.43. The summed E-state index contributed by atoms with van der Waals surface area (Å²) >= 11 is 5.41. The maximum Gasteiger partial charge on any atom is 0.0327 e. The highest BCUT2D eigenvalue weighted by molar-refractivity contribution is 9.10. The highest BCUT2D eigenvalue weighted by atomic mass is 79.9. The maximum absolute atomic E-state index is 3.71. The molecule has 0 saturated heterocycles. The van der Waals surface area contributed by atoms with Gasteiger partial charge < -0.3 is 5.32 Å². The maximum atomic E-state index is 3.71. The van der Waals surface area contributed by atoms with E-state index in [1.807, 2.05) is 11.3 Å². The molecule has 1 saturated carbocycles. The zero-order chi connectivity index (χ0) is 10.7. The van der Waals surface area contributed by atoms with Crippen LogP contribution < -0.4 is 5.32 Å². The third-order valence-electron chi connectivity index (χ3n) is 3.40. The minimum atomic E-state index is 0.754. The molecular formula is C12H18BrNS. The molecule has 1 nitrogen and oxygen atoms in total. The van der Waals surface area contributed by atoms with Gasteiger partial charge in [-0.15, -0.1) is 11.3 Å². The fourth-order valence-corrected chi connectivity index (χ4v) is 3.91. The molecule has 3 heteroatoms. The molecule has 2 rings (SSSR count). The summed E-state index contributed by atoms with van der Waals surface area (Å²) in [6.45, 7) is 3.34. The highest BCUT2D eigenvalue weighted by Crippen LogP contribution is 2.29. The first-order valence-corrected chi connectivity index (χ1v) is 7.43. The lowest BCUT2D eigenvalue weighted by Crippen LogP contribution is -2.31. The molecule has 84 valence electrons. The van der Waals surface area contributed by atoms with Gasteiger partial charge in [0.25, 0.3) is 0 Å². The van der Waals surface area contributed by atoms with E-state index in [0.29, 0.717) is 0 Å². The Labute approximate surface area is 104 Å². The van der Waals surface area contributed by atoms with Gasteiger partial charge in [-0.05, 0) is 46.1 Å². The summed E-state index contributed by atoms with van der Waals surface area (Å²) in [5.41, 5.74) is 0. The molecular weight excluding hydrogens is 270 g/mol. The molecule has 0 spiro atoms. The zero-order valence-electron chi connectivity index (χ0n) is 9.13. The normalized spacial score (nSPS) is 26.0. The molecule has 1 heterocycles. The van der Waals surface area contributed by atoms with Crippen molar-refractivity contribution in [3.05, 3.63) is 20.8 Å². The Kier molecular flexibility index (Phi) is 4.23. The summed E-state index contributed by atoms with van der Waals surface area (Å²) in [6.07, 6.45) is 5.51. The van der Waals surface area contributed by atoms with Crippen LogP contribution in [0.15, 0.2) is 15.9 Å². The third kappa shape index (κ3) is 2.83. The van der Waals surface area contributed by atoms with Crippen molar-refractivity contribution < 1.29 is 0 Å². The molecule has 0 amide bonds. The summed E-state index contributed by atoms with van der Waals surface area (Å²) in [7, 11) is 0. The van der Waals surface area contributed by atoms with Crippen LogP contribution >= 0.6 is 27.3 Å². The van der Waals surface area contributed by atoms with Gasteiger partial charge in [-0.3, -0.25) is 0 Å². The van der Waals surface area contributed by atoms with Crippen LogP contribution in [0.5, 0.6) is 0 Å². The Balaban J connectivity index is 1.85. The summed E-state index contributed by atoms with van der Waals surface area (Å²) in [5, 5.41) is 5.85. The topological polar surface area (TPSA) is 12.0 Å². The van der Waals surface area contributed by atoms with E-state index in [9.17, 15) is 0 Å². The molecule has 2 unspecified atom stereocenters. The fourth-order valence-electron chi connectivity index (χ4n) is 2.47. The fraction of sp³-hybridized carbons (Fsp3) is 0.667. The van der Waals surface area contributed by atoms with Crippen LogP contribution in [0.1, 0.15) is 37.5 Å². The number of rotatable bonds is 4. The Morgan fingerprint density at radius 1 is 1.53 bits per heavy atom. The monoisotopic (exact) mass is 287 g/mol. The SMILES string of the molecule is CCC1CCCC1NCc1sccc1Br. The number of hydrogen-bond donors (Lipinski definition) is 1. The predicted molar refractivity (Wildman–Crippen MR) is 70.3 cm³/mol. The van der Waals surface area contributed by atoms with Crippen molar-refractivity contribution in [2.45, 2.75) is 45.2 Å². The standard InChI is InChI=1S/C12H18BrNS/c1-2-9-4-3-5-11(9)14-8-12-10(13)6-7-15-12/h6-7,9,11,14H,2-5,8H2,1H3. The molecule has 0 bridgehead atoms. The van der Waals surface area contributed by atoms with Gasteiger partial charge in [0.1, 0.15) is 0 Å². The minimum absolute atomic E-state index is 0.754. The zero-order valence-corrected chi connectivity index (χ0v) is 11.5. The van der Waals surface area contributed by atoms with E-state index in [-0.39, 0.29) is 0 Å². The largest absolute Gasteiger partial charge is 0.309 e. The summed E-state index contributed by atoms with van der Waals surface area (Å²) in [6, 6.07) is 2.89. The van der Waals surface area contributed by atoms with Crippen molar-refractivity contribution >= 4 is 27.3 Å². The average molecular weight is 288 g/mol. The molecule has 15 heavy (non-hydrogen) atoms. The molecule has 1 aliphatic carbocycles. The first-order valence-electron chi connectivity index (χ1n) is 5.76. The van der Waals surface area contributed by atoms with Gasteiger partial charge in [0.15, 0.2) is 0 Å². The number of halogens is 1. The Morgan fingerprint density at radius 2 is 2.40 bits per heavy atom. The van der Waals surface area contributed by atoms with Gasteiger partial charge in [-0.1, -0.05) is 19.8 Å². The molecule has 1 fully saturated rings. The van der Waals surface area contributed by atoms with Crippen molar-refractivity contribution in [1.29, 1.82) is 0 Å². The first kappa shape index (κ1) is 11.6. The van der Waals surface area contributed by atoms with Crippen LogP contribution in [0.2, 0.25) is 0 Å². The molecule has 2 atom stereocenters. The highest BCUT2D eigenvalue weighted by Gasteiger charge is 2.25. The van der Waals surface area contributed by atoms with Gasteiger partial charge >= 0.3 is 0 Å². The van der Waals surface area contributed by atoms with Gasteiger partial charge in [0.2, 0.25) is 0 Å². The Morgan fingerprint density at radius 3 is 3.07 bits per heavy atom. The second-order valence-electron chi connectivity index (χ2n) is 4.28. The summed E-state index contributed by atoms with van der Waals surface area (Å²) in [5.74, 6) is 0.906. The van der Waals surface area contributed by atoms with Crippen LogP contribution in [0, 0.1) is 5.92 Å². The van der Waals surface area contributed by atoms with Crippen LogP contribution in [-0.4, -0.2) is 6.04 Å². The number of thiophene rings is 1. The van der Waals surface area contributed by atoms with Crippen molar-refractivity contribution in [2.75, 3.05) is 0 Å². The predicted octanol–water partition coefficient (Wildman–Crippen LogP) is 4.18. The lowest BCUT2D eigenvalue weighted by molar-refractivity contribution is 0.390. The molecule has 0 aliphatic heterocycles. The van der Waals surface area contributed by atoms with E-state index in [4.69, 9.17) is 0 Å². The van der Waals surface area contributed by atoms with Crippen molar-refractivity contribution in [3.63, 3.8) is 0 Å². The Bertz CT molecular complexity index is 310. The van der Waals surface area contributed by atoms with Gasteiger partial charge in [0.05, 0.1) is 0 Å². The lowest BCUT2D eigenvalue weighted by Gasteiger charge is -2.19. The molecule has 0 radical (unpaired) electrons. The Hall–Kier alpha value is 0.140. The molecule has 1 aromatic heterocycles. The molecule has 0 aromatic carbocycles. The van der Waals surface area contributed by atoms with Gasteiger partial charge in [-0.2, -0.15) is 0 Å². The smallest absolute Gasteiger partial charge is 0.0327 e. The second kappa shape index (κ2) is 5.46. The van der Waals surface area contributed by atoms with E-state index < -0.39 is 0 Å². The average Bonchev–Trinajstić information content (AvgIpc) is 2.83. The van der Waals surface area contributed by atoms with Crippen LogP contribution in [0.3, 0.4) is 0 Å². The second-order valence-corrected chi connectivity index (χ2v) is 6.13. The van der Waals surface area contributed by atoms with Crippen LogP contribution in [-0.2, 0) is 6.54 Å². The van der Waals surface area contributed by atoms with Crippen LogP contribution in [0.4, 0.5) is 0 Å². The van der Waals surface area contributed by atoms with E-state index in [1.54, 1.807) is 0 Å². The van der Waals surface area contributed by atoms with E-state index in [2.05, 4.69) is 39.6 Å². The molecule has 1 aromatic rings. The molecule has 1 aliphatic rings. The first-order chi connectivity index (χ1) is 7.31. The number of hydrogen-bond acceptors (Lipinski definition) is 2. The third-order valence-corrected chi connectivity index (χ3v) is 5.33. The van der Waals surface area contributed by atoms with E-state index in [0.717, 1.165) is 18.5 Å². The van der Waals surface area contributed by atoms with Gasteiger partial charge in [0, 0.05) is 21.9 Å². The quantitative estimate of drug-likeness (QED) is 0.876. The van der Waals surface area contributed by atoms with Gasteiger partial charge in [-0.25, -0.2) is 0 Å². The van der Waals surface area contributed by atoms with Crippen LogP contribution in [0.25, 0.3) is 0 Å².